The van der Waals surface area contributed by atoms with Crippen LogP contribution >= 0.6 is 0 Å². The molecule has 0 radical (unpaired) electrons. The van der Waals surface area contributed by atoms with E-state index in [0.29, 0.717) is 0 Å². The molecule has 0 aromatic rings. The number of hydrogen-bond acceptors (Lipinski definition) is 4. The second kappa shape index (κ2) is 21.5. The fourth-order valence-electron chi connectivity index (χ4n) is 2.82. The van der Waals surface area contributed by atoms with Crippen molar-refractivity contribution in [2.45, 2.75) is 103 Å². The van der Waals surface area contributed by atoms with E-state index in [9.17, 15) is 18.3 Å². The van der Waals surface area contributed by atoms with E-state index in [2.05, 4.69) is 11.6 Å². The Kier molecular flexibility index (Phi) is 23.8. The molecule has 154 valence electrons. The van der Waals surface area contributed by atoms with E-state index in [1.54, 1.807) is 6.08 Å². The van der Waals surface area contributed by atoms with Gasteiger partial charge in [0, 0.05) is 24.3 Å². The number of carboxylic acid groups (broad SMARTS) is 1. The van der Waals surface area contributed by atoms with Gasteiger partial charge in [0.15, 0.2) is 0 Å². The van der Waals surface area contributed by atoms with Gasteiger partial charge in [0.2, 0.25) is 10.0 Å². The van der Waals surface area contributed by atoms with Crippen LogP contribution in [0.1, 0.15) is 103 Å². The molecule has 0 atom stereocenters. The summed E-state index contributed by atoms with van der Waals surface area (Å²) in [6.07, 6.45) is 18.9. The minimum Gasteiger partial charge on any atom is -0.550 e. The fourth-order valence-corrected chi connectivity index (χ4v) is 3.69. The third-order valence-corrected chi connectivity index (χ3v) is 5.54. The predicted octanol–water partition coefficient (Wildman–Crippen LogP) is 1.04. The molecule has 0 heterocycles. The van der Waals surface area contributed by atoms with Crippen LogP contribution in [0.25, 0.3) is 0 Å². The summed E-state index contributed by atoms with van der Waals surface area (Å²) in [6.45, 7) is 2.12. The number of unbranched alkanes of at least 4 members (excludes halogenated alkanes) is 13. The third-order valence-electron chi connectivity index (χ3n) is 4.38. The van der Waals surface area contributed by atoms with Gasteiger partial charge in [-0.2, -0.15) is 0 Å². The number of carboxylic acids is 1. The van der Waals surface area contributed by atoms with Crippen molar-refractivity contribution in [1.29, 1.82) is 0 Å². The molecule has 0 aromatic heterocycles. The van der Waals surface area contributed by atoms with Crippen molar-refractivity contribution in [2.24, 2.45) is 0 Å². The summed E-state index contributed by atoms with van der Waals surface area (Å²) in [5.74, 6) is -1.26. The van der Waals surface area contributed by atoms with E-state index < -0.39 is 16.0 Å². The van der Waals surface area contributed by atoms with E-state index >= 15 is 0 Å². The van der Waals surface area contributed by atoms with Crippen LogP contribution in [-0.2, 0) is 14.8 Å². The maximum atomic E-state index is 11.5. The van der Waals surface area contributed by atoms with E-state index in [1.165, 1.54) is 70.6 Å². The Morgan fingerprint density at radius 1 is 0.852 bits per heavy atom. The molecule has 0 bridgehead atoms. The Morgan fingerprint density at radius 2 is 1.30 bits per heavy atom. The molecule has 0 aliphatic heterocycles. The van der Waals surface area contributed by atoms with E-state index in [-0.39, 0.29) is 64.4 Å². The number of aliphatic carboxylic acids is 1. The minimum atomic E-state index is -3.52. The average Bonchev–Trinajstić information content (AvgIpc) is 2.57. The number of allylic oxidation sites excluding steroid dienone is 1. The van der Waals surface area contributed by atoms with Crippen LogP contribution in [0.5, 0.6) is 0 Å². The monoisotopic (exact) mass is 427 g/mol. The zero-order valence-electron chi connectivity index (χ0n) is 17.5. The van der Waals surface area contributed by atoms with Crippen molar-refractivity contribution in [2.75, 3.05) is 6.54 Å². The van der Waals surface area contributed by atoms with E-state index in [0.717, 1.165) is 24.7 Å². The van der Waals surface area contributed by atoms with E-state index in [4.69, 9.17) is 0 Å². The smallest absolute Gasteiger partial charge is 0.550 e. The summed E-state index contributed by atoms with van der Waals surface area (Å²) in [5.41, 5.74) is 0. The first kappa shape index (κ1) is 30.0. The number of nitrogens with one attached hydrogen (secondary N) is 1. The second-order valence-electron chi connectivity index (χ2n) is 6.96. The van der Waals surface area contributed by atoms with Crippen LogP contribution in [0.2, 0.25) is 0 Å². The summed E-state index contributed by atoms with van der Waals surface area (Å²) < 4.78 is 25.3. The first-order valence-electron chi connectivity index (χ1n) is 10.3. The van der Waals surface area contributed by atoms with Crippen LogP contribution in [-0.4, -0.2) is 20.9 Å². The summed E-state index contributed by atoms with van der Waals surface area (Å²) in [6, 6.07) is 0. The minimum absolute atomic E-state index is 0. The number of hydrogen-bond donors (Lipinski definition) is 1. The Hall–Kier alpha value is 0.756. The molecule has 0 rings (SSSR count). The van der Waals surface area contributed by atoms with Gasteiger partial charge in [0.25, 0.3) is 0 Å². The zero-order valence-corrected chi connectivity index (χ0v) is 21.4. The summed E-state index contributed by atoms with van der Waals surface area (Å²) in [4.78, 5) is 10.2. The van der Waals surface area contributed by atoms with Gasteiger partial charge in [-0.25, -0.2) is 13.1 Å². The van der Waals surface area contributed by atoms with Crippen molar-refractivity contribution >= 4 is 16.0 Å². The predicted molar refractivity (Wildman–Crippen MR) is 106 cm³/mol. The molecule has 5 nitrogen and oxygen atoms in total. The number of carbonyl (C=O) groups is 1. The van der Waals surface area contributed by atoms with Gasteiger partial charge in [-0.15, -0.1) is 0 Å². The molecule has 1 N–H and O–H groups in total. The fraction of sp³-hybridized carbons (Fsp3) is 0.850. The molecule has 0 aromatic carbocycles. The van der Waals surface area contributed by atoms with Crippen molar-refractivity contribution in [1.82, 2.24) is 4.72 Å². The third kappa shape index (κ3) is 24.7. The molecule has 7 heteroatoms. The molecule has 0 amide bonds. The quantitative estimate of drug-likeness (QED) is 0.247. The molecule has 27 heavy (non-hydrogen) atoms. The normalized spacial score (nSPS) is 11.6. The summed E-state index contributed by atoms with van der Waals surface area (Å²) in [5, 5.41) is 11.4. The van der Waals surface area contributed by atoms with Gasteiger partial charge in [-0.1, -0.05) is 90.0 Å². The Labute approximate surface area is 209 Å². The van der Waals surface area contributed by atoms with Crippen molar-refractivity contribution in [3.05, 3.63) is 11.5 Å². The van der Waals surface area contributed by atoms with Gasteiger partial charge in [-0.05, 0) is 12.8 Å². The molecule has 0 spiro atoms. The van der Waals surface area contributed by atoms with Crippen LogP contribution in [0.3, 0.4) is 0 Å². The van der Waals surface area contributed by atoms with E-state index in [1.807, 2.05) is 0 Å². The Bertz CT molecular complexity index is 467. The average molecular weight is 428 g/mol. The SMILES string of the molecule is CCCCCCCCCCCCCCC/C=C/S(=O)(=O)NCCC(=O)[O-].[K+]. The topological polar surface area (TPSA) is 86.3 Å². The maximum Gasteiger partial charge on any atom is 1.00 e. The molecular formula is C20H38KNO4S. The van der Waals surface area contributed by atoms with Crippen molar-refractivity contribution < 1.29 is 69.7 Å². The molecule has 0 saturated carbocycles. The molecule has 0 aliphatic rings. The van der Waals surface area contributed by atoms with Crippen molar-refractivity contribution in [3.8, 4) is 0 Å². The van der Waals surface area contributed by atoms with Gasteiger partial charge in [0.1, 0.15) is 0 Å². The molecule has 0 unspecified atom stereocenters. The summed E-state index contributed by atoms with van der Waals surface area (Å²) in [7, 11) is -3.52. The number of rotatable bonds is 19. The van der Waals surface area contributed by atoms with Gasteiger partial charge in [0.05, 0.1) is 0 Å². The van der Waals surface area contributed by atoms with Gasteiger partial charge in [-0.3, -0.25) is 0 Å². The first-order chi connectivity index (χ1) is 12.5. The van der Waals surface area contributed by atoms with Crippen LogP contribution < -0.4 is 61.2 Å². The maximum absolute atomic E-state index is 11.5. The van der Waals surface area contributed by atoms with Gasteiger partial charge < -0.3 is 9.90 Å². The Balaban J connectivity index is 0. The summed E-state index contributed by atoms with van der Waals surface area (Å²) >= 11 is 0. The standard InChI is InChI=1S/C20H39NO4S.K/c1-2-3-4-5-6-7-8-9-10-11-12-13-14-15-16-19-26(24,25)21-18-17-20(22)23;/h16,19,21H,2-15,17-18H2,1H3,(H,22,23);/q;+1/p-1/b19-16+;. The van der Waals surface area contributed by atoms with Crippen LogP contribution in [0.15, 0.2) is 11.5 Å². The molecule has 0 aliphatic carbocycles. The molecule has 0 fully saturated rings. The first-order valence-corrected chi connectivity index (χ1v) is 11.9. The second-order valence-corrected chi connectivity index (χ2v) is 8.62. The molecular weight excluding hydrogens is 389 g/mol. The number of carbonyl (C=O) groups excluding carboxylic acids is 1. The Morgan fingerprint density at radius 3 is 1.74 bits per heavy atom. The molecule has 0 saturated heterocycles. The van der Waals surface area contributed by atoms with Crippen LogP contribution in [0.4, 0.5) is 0 Å². The number of sulfonamides is 1. The van der Waals surface area contributed by atoms with Crippen LogP contribution in [0, 0.1) is 0 Å². The zero-order chi connectivity index (χ0) is 19.5. The van der Waals surface area contributed by atoms with Gasteiger partial charge >= 0.3 is 51.4 Å². The van der Waals surface area contributed by atoms with Crippen molar-refractivity contribution in [3.63, 3.8) is 0 Å². The largest absolute Gasteiger partial charge is 1.00 e.